The van der Waals surface area contributed by atoms with Crippen LogP contribution in [0.5, 0.6) is 0 Å². The zero-order valence-corrected chi connectivity index (χ0v) is 8.95. The number of carbonyl (C=O) groups is 1. The maximum atomic E-state index is 10.7. The predicted octanol–water partition coefficient (Wildman–Crippen LogP) is 1.01. The van der Waals surface area contributed by atoms with Gasteiger partial charge in [-0.15, -0.1) is 0 Å². The maximum absolute atomic E-state index is 10.7. The molecule has 2 aliphatic heterocycles. The summed E-state index contributed by atoms with van der Waals surface area (Å²) in [5.74, 6) is -0.240. The molecule has 0 aliphatic carbocycles. The van der Waals surface area contributed by atoms with Gasteiger partial charge in [-0.05, 0) is 44.6 Å². The first kappa shape index (κ1) is 10.9. The van der Waals surface area contributed by atoms with Gasteiger partial charge in [-0.1, -0.05) is 0 Å². The average Bonchev–Trinajstić information content (AvgIpc) is 2.68. The number of aliphatic carboxylic acids is 1. The van der Waals surface area contributed by atoms with Gasteiger partial charge in [0, 0.05) is 6.61 Å². The first-order valence-electron chi connectivity index (χ1n) is 5.83. The Bertz CT molecular complexity index is 226. The lowest BCUT2D eigenvalue weighted by Crippen LogP contribution is -2.29. The molecule has 3 unspecified atom stereocenters. The molecule has 2 aliphatic rings. The zero-order valence-electron chi connectivity index (χ0n) is 8.95. The van der Waals surface area contributed by atoms with Crippen LogP contribution in [0, 0.1) is 5.92 Å². The van der Waals surface area contributed by atoms with E-state index < -0.39 is 5.97 Å². The van der Waals surface area contributed by atoms with Gasteiger partial charge in [0.25, 0.3) is 0 Å². The highest BCUT2D eigenvalue weighted by molar-refractivity contribution is 5.73. The van der Waals surface area contributed by atoms with Crippen molar-refractivity contribution in [2.45, 2.75) is 44.2 Å². The normalized spacial score (nSPS) is 36.7. The molecule has 4 nitrogen and oxygen atoms in total. The van der Waals surface area contributed by atoms with Crippen LogP contribution in [0.15, 0.2) is 0 Å². The second-order valence-corrected chi connectivity index (χ2v) is 4.63. The van der Waals surface area contributed by atoms with Crippen molar-refractivity contribution < 1.29 is 14.6 Å². The molecule has 0 aromatic carbocycles. The number of carboxylic acids is 1. The van der Waals surface area contributed by atoms with Gasteiger partial charge >= 0.3 is 5.97 Å². The topological polar surface area (TPSA) is 58.6 Å². The van der Waals surface area contributed by atoms with Crippen LogP contribution in [0.25, 0.3) is 0 Å². The third-order valence-corrected chi connectivity index (χ3v) is 3.39. The van der Waals surface area contributed by atoms with Crippen molar-refractivity contribution in [3.63, 3.8) is 0 Å². The summed E-state index contributed by atoms with van der Waals surface area (Å²) in [7, 11) is 0. The summed E-state index contributed by atoms with van der Waals surface area (Å²) < 4.78 is 5.66. The van der Waals surface area contributed by atoms with E-state index in [1.807, 2.05) is 0 Å². The highest BCUT2D eigenvalue weighted by Crippen LogP contribution is 2.25. The van der Waals surface area contributed by atoms with E-state index in [1.54, 1.807) is 0 Å². The molecule has 86 valence electrons. The quantitative estimate of drug-likeness (QED) is 0.734. The van der Waals surface area contributed by atoms with Crippen LogP contribution >= 0.6 is 0 Å². The van der Waals surface area contributed by atoms with E-state index in [1.165, 1.54) is 12.8 Å². The Morgan fingerprint density at radius 1 is 1.47 bits per heavy atom. The molecule has 0 aromatic rings. The van der Waals surface area contributed by atoms with Crippen LogP contribution in [0.3, 0.4) is 0 Å². The van der Waals surface area contributed by atoms with Gasteiger partial charge in [0.05, 0.1) is 6.10 Å². The molecule has 2 N–H and O–H groups in total. The monoisotopic (exact) mass is 213 g/mol. The number of nitrogens with one attached hydrogen (secondary N) is 1. The molecule has 0 bridgehead atoms. The Labute approximate surface area is 90.0 Å². The Morgan fingerprint density at radius 3 is 2.93 bits per heavy atom. The number of hydrogen-bond acceptors (Lipinski definition) is 3. The third kappa shape index (κ3) is 2.92. The number of ether oxygens (including phenoxy) is 1. The molecular formula is C11H19NO3. The Kier molecular flexibility index (Phi) is 3.59. The van der Waals surface area contributed by atoms with Crippen LogP contribution in [0.2, 0.25) is 0 Å². The minimum absolute atomic E-state index is 0.335. The molecule has 3 atom stereocenters. The van der Waals surface area contributed by atoms with E-state index in [2.05, 4.69) is 5.32 Å². The van der Waals surface area contributed by atoms with Crippen LogP contribution in [-0.4, -0.2) is 36.4 Å². The largest absolute Gasteiger partial charge is 0.480 e. The number of rotatable bonds is 3. The van der Waals surface area contributed by atoms with Crippen molar-refractivity contribution in [3.8, 4) is 0 Å². The van der Waals surface area contributed by atoms with E-state index in [9.17, 15) is 4.79 Å². The number of hydrogen-bond donors (Lipinski definition) is 2. The van der Waals surface area contributed by atoms with Gasteiger partial charge in [0.15, 0.2) is 0 Å². The van der Waals surface area contributed by atoms with Gasteiger partial charge in [-0.2, -0.15) is 0 Å². The molecule has 2 rings (SSSR count). The molecule has 2 fully saturated rings. The lowest BCUT2D eigenvalue weighted by atomic mass is 9.95. The summed E-state index contributed by atoms with van der Waals surface area (Å²) in [4.78, 5) is 10.7. The van der Waals surface area contributed by atoms with Crippen LogP contribution < -0.4 is 5.32 Å². The van der Waals surface area contributed by atoms with Crippen LogP contribution in [-0.2, 0) is 9.53 Å². The van der Waals surface area contributed by atoms with Crippen molar-refractivity contribution >= 4 is 5.97 Å². The fourth-order valence-corrected chi connectivity index (χ4v) is 2.54. The Balaban J connectivity index is 1.74. The molecule has 2 saturated heterocycles. The summed E-state index contributed by atoms with van der Waals surface area (Å²) in [5.41, 5.74) is 0. The first-order chi connectivity index (χ1) is 7.25. The molecular weight excluding hydrogens is 194 g/mol. The van der Waals surface area contributed by atoms with E-state index in [-0.39, 0.29) is 6.04 Å². The predicted molar refractivity (Wildman–Crippen MR) is 55.7 cm³/mol. The second-order valence-electron chi connectivity index (χ2n) is 4.63. The van der Waals surface area contributed by atoms with Crippen LogP contribution in [0.1, 0.15) is 32.1 Å². The van der Waals surface area contributed by atoms with Gasteiger partial charge in [-0.3, -0.25) is 4.79 Å². The first-order valence-corrected chi connectivity index (χ1v) is 5.83. The average molecular weight is 213 g/mol. The standard InChI is InChI=1S/C11H19NO3/c13-11(14)10-6-8(7-12-10)5-9-3-1-2-4-15-9/h8-10,12H,1-7H2,(H,13,14). The van der Waals surface area contributed by atoms with E-state index in [0.717, 1.165) is 32.4 Å². The smallest absolute Gasteiger partial charge is 0.320 e. The summed E-state index contributed by atoms with van der Waals surface area (Å²) in [5, 5.41) is 11.9. The van der Waals surface area contributed by atoms with Gasteiger partial charge in [0.1, 0.15) is 6.04 Å². The van der Waals surface area contributed by atoms with Crippen molar-refractivity contribution in [3.05, 3.63) is 0 Å². The van der Waals surface area contributed by atoms with Crippen molar-refractivity contribution in [1.82, 2.24) is 5.32 Å². The highest BCUT2D eigenvalue weighted by atomic mass is 16.5. The minimum atomic E-state index is -0.720. The highest BCUT2D eigenvalue weighted by Gasteiger charge is 2.31. The zero-order chi connectivity index (χ0) is 10.7. The van der Waals surface area contributed by atoms with E-state index >= 15 is 0 Å². The van der Waals surface area contributed by atoms with E-state index in [0.29, 0.717) is 12.0 Å². The molecule has 0 amide bonds. The van der Waals surface area contributed by atoms with Crippen LogP contribution in [0.4, 0.5) is 0 Å². The van der Waals surface area contributed by atoms with Gasteiger partial charge < -0.3 is 15.2 Å². The summed E-state index contributed by atoms with van der Waals surface area (Å²) >= 11 is 0. The van der Waals surface area contributed by atoms with Gasteiger partial charge in [-0.25, -0.2) is 0 Å². The van der Waals surface area contributed by atoms with E-state index in [4.69, 9.17) is 9.84 Å². The maximum Gasteiger partial charge on any atom is 0.320 e. The second kappa shape index (κ2) is 4.94. The molecule has 4 heteroatoms. The molecule has 0 spiro atoms. The minimum Gasteiger partial charge on any atom is -0.480 e. The Morgan fingerprint density at radius 2 is 2.33 bits per heavy atom. The fourth-order valence-electron chi connectivity index (χ4n) is 2.54. The Hall–Kier alpha value is -0.610. The SMILES string of the molecule is O=C(O)C1CC(CC2CCCCO2)CN1. The third-order valence-electron chi connectivity index (χ3n) is 3.39. The molecule has 15 heavy (non-hydrogen) atoms. The lowest BCUT2D eigenvalue weighted by Gasteiger charge is -2.24. The summed E-state index contributed by atoms with van der Waals surface area (Å²) in [6.45, 7) is 1.71. The summed E-state index contributed by atoms with van der Waals surface area (Å²) in [6.07, 6.45) is 5.74. The molecule has 2 heterocycles. The lowest BCUT2D eigenvalue weighted by molar-refractivity contribution is -0.139. The molecule has 0 radical (unpaired) electrons. The number of carboxylic acid groups (broad SMARTS) is 1. The summed E-state index contributed by atoms with van der Waals surface area (Å²) in [6, 6.07) is -0.335. The van der Waals surface area contributed by atoms with Crippen molar-refractivity contribution in [2.75, 3.05) is 13.2 Å². The molecule has 0 aromatic heterocycles. The van der Waals surface area contributed by atoms with Crippen molar-refractivity contribution in [2.24, 2.45) is 5.92 Å². The van der Waals surface area contributed by atoms with Crippen molar-refractivity contribution in [1.29, 1.82) is 0 Å². The van der Waals surface area contributed by atoms with Gasteiger partial charge in [0.2, 0.25) is 0 Å². The fraction of sp³-hybridized carbons (Fsp3) is 0.909. The molecule has 0 saturated carbocycles.